The van der Waals surface area contributed by atoms with E-state index in [4.69, 9.17) is 0 Å². The second kappa shape index (κ2) is 6.04. The molecule has 1 aliphatic heterocycles. The maximum Gasteiger partial charge on any atom is 0.306 e. The Kier molecular flexibility index (Phi) is 4.39. The average molecular weight is 268 g/mol. The van der Waals surface area contributed by atoms with Gasteiger partial charge >= 0.3 is 5.97 Å². The summed E-state index contributed by atoms with van der Waals surface area (Å²) < 4.78 is 4.51. The minimum atomic E-state index is -0.365. The van der Waals surface area contributed by atoms with Gasteiger partial charge in [-0.2, -0.15) is 0 Å². The zero-order valence-electron chi connectivity index (χ0n) is 11.3. The fourth-order valence-electron chi connectivity index (χ4n) is 2.23. The van der Waals surface area contributed by atoms with E-state index < -0.39 is 0 Å². The summed E-state index contributed by atoms with van der Waals surface area (Å²) in [7, 11) is 1.31. The number of rotatable bonds is 4. The first kappa shape index (κ1) is 13.8. The largest absolute Gasteiger partial charge is 0.469 e. The van der Waals surface area contributed by atoms with Gasteiger partial charge in [0.2, 0.25) is 11.8 Å². The van der Waals surface area contributed by atoms with Crippen molar-refractivity contribution in [3.63, 3.8) is 0 Å². The SMILES string of the molecule is COC(=O)CCC(=O)N1CCN(C(=O)C2CC2)CC1. The van der Waals surface area contributed by atoms with Crippen LogP contribution in [0.1, 0.15) is 25.7 Å². The molecule has 1 heterocycles. The van der Waals surface area contributed by atoms with Crippen molar-refractivity contribution in [1.82, 2.24) is 9.80 Å². The summed E-state index contributed by atoms with van der Waals surface area (Å²) in [5.74, 6) is 0.0723. The van der Waals surface area contributed by atoms with Crippen LogP contribution in [0.15, 0.2) is 0 Å². The predicted molar refractivity (Wildman–Crippen MR) is 67.1 cm³/mol. The van der Waals surface area contributed by atoms with Crippen LogP contribution in [0.2, 0.25) is 0 Å². The minimum Gasteiger partial charge on any atom is -0.469 e. The number of carbonyl (C=O) groups excluding carboxylic acids is 3. The van der Waals surface area contributed by atoms with E-state index in [-0.39, 0.29) is 36.5 Å². The highest BCUT2D eigenvalue weighted by atomic mass is 16.5. The van der Waals surface area contributed by atoms with E-state index in [1.807, 2.05) is 4.90 Å². The zero-order valence-corrected chi connectivity index (χ0v) is 11.3. The summed E-state index contributed by atoms with van der Waals surface area (Å²) in [6.07, 6.45) is 2.33. The molecule has 0 radical (unpaired) electrons. The molecular weight excluding hydrogens is 248 g/mol. The number of nitrogens with zero attached hydrogens (tertiary/aromatic N) is 2. The standard InChI is InChI=1S/C13H20N2O4/c1-19-12(17)5-4-11(16)14-6-8-15(9-7-14)13(18)10-2-3-10/h10H,2-9H2,1H3. The number of ether oxygens (including phenoxy) is 1. The molecule has 0 unspecified atom stereocenters. The molecule has 0 aromatic rings. The molecule has 0 bridgehead atoms. The molecule has 1 saturated carbocycles. The van der Waals surface area contributed by atoms with Crippen molar-refractivity contribution in [2.24, 2.45) is 5.92 Å². The van der Waals surface area contributed by atoms with Crippen LogP contribution in [0.4, 0.5) is 0 Å². The maximum absolute atomic E-state index is 11.9. The lowest BCUT2D eigenvalue weighted by atomic mass is 10.2. The Morgan fingerprint density at radius 1 is 1.00 bits per heavy atom. The highest BCUT2D eigenvalue weighted by Crippen LogP contribution is 2.31. The number of hydrogen-bond acceptors (Lipinski definition) is 4. The lowest BCUT2D eigenvalue weighted by molar-refractivity contribution is -0.144. The Bertz CT molecular complexity index is 371. The molecule has 1 aliphatic carbocycles. The van der Waals surface area contributed by atoms with Gasteiger partial charge in [0.05, 0.1) is 13.5 Å². The van der Waals surface area contributed by atoms with Gasteiger partial charge in [-0.05, 0) is 12.8 Å². The third-order valence-electron chi connectivity index (χ3n) is 3.64. The fraction of sp³-hybridized carbons (Fsp3) is 0.769. The molecular formula is C13H20N2O4. The summed E-state index contributed by atoms with van der Waals surface area (Å²) in [5, 5.41) is 0. The third kappa shape index (κ3) is 3.68. The first-order valence-corrected chi connectivity index (χ1v) is 6.75. The molecule has 0 atom stereocenters. The molecule has 0 aromatic carbocycles. The predicted octanol–water partition coefficient (Wildman–Crippen LogP) is 0.0204. The van der Waals surface area contributed by atoms with Crippen LogP contribution in [-0.4, -0.2) is 60.9 Å². The van der Waals surface area contributed by atoms with Crippen LogP contribution >= 0.6 is 0 Å². The van der Waals surface area contributed by atoms with Crippen molar-refractivity contribution in [3.05, 3.63) is 0 Å². The molecule has 6 nitrogen and oxygen atoms in total. The van der Waals surface area contributed by atoms with Crippen molar-refractivity contribution in [2.75, 3.05) is 33.3 Å². The summed E-state index contributed by atoms with van der Waals surface area (Å²) in [6.45, 7) is 2.36. The molecule has 0 spiro atoms. The third-order valence-corrected chi connectivity index (χ3v) is 3.64. The lowest BCUT2D eigenvalue weighted by Crippen LogP contribution is -2.51. The second-order valence-electron chi connectivity index (χ2n) is 5.06. The molecule has 19 heavy (non-hydrogen) atoms. The minimum absolute atomic E-state index is 0.0380. The van der Waals surface area contributed by atoms with Crippen LogP contribution in [0.3, 0.4) is 0 Å². The van der Waals surface area contributed by atoms with Crippen LogP contribution in [-0.2, 0) is 19.1 Å². The van der Waals surface area contributed by atoms with Crippen LogP contribution in [0, 0.1) is 5.92 Å². The van der Waals surface area contributed by atoms with E-state index in [0.717, 1.165) is 12.8 Å². The topological polar surface area (TPSA) is 66.9 Å². The maximum atomic E-state index is 11.9. The van der Waals surface area contributed by atoms with E-state index in [1.165, 1.54) is 7.11 Å². The second-order valence-corrected chi connectivity index (χ2v) is 5.06. The molecule has 2 amide bonds. The highest BCUT2D eigenvalue weighted by Gasteiger charge is 2.35. The van der Waals surface area contributed by atoms with Crippen LogP contribution in [0.5, 0.6) is 0 Å². The average Bonchev–Trinajstić information content (AvgIpc) is 3.28. The monoisotopic (exact) mass is 268 g/mol. The molecule has 1 saturated heterocycles. The van der Waals surface area contributed by atoms with E-state index in [9.17, 15) is 14.4 Å². The highest BCUT2D eigenvalue weighted by molar-refractivity contribution is 5.83. The molecule has 6 heteroatoms. The van der Waals surface area contributed by atoms with Gasteiger partial charge in [-0.25, -0.2) is 0 Å². The summed E-state index contributed by atoms with van der Waals surface area (Å²) >= 11 is 0. The number of hydrogen-bond donors (Lipinski definition) is 0. The lowest BCUT2D eigenvalue weighted by Gasteiger charge is -2.35. The number of methoxy groups -OCH3 is 1. The smallest absolute Gasteiger partial charge is 0.306 e. The summed E-state index contributed by atoms with van der Waals surface area (Å²) in [6, 6.07) is 0. The van der Waals surface area contributed by atoms with E-state index in [0.29, 0.717) is 26.2 Å². The van der Waals surface area contributed by atoms with Gasteiger partial charge in [-0.3, -0.25) is 14.4 Å². The van der Waals surface area contributed by atoms with Crippen molar-refractivity contribution < 1.29 is 19.1 Å². The van der Waals surface area contributed by atoms with Gasteiger partial charge in [0, 0.05) is 38.5 Å². The Hall–Kier alpha value is -1.59. The molecule has 2 fully saturated rings. The molecule has 106 valence electrons. The summed E-state index contributed by atoms with van der Waals surface area (Å²) in [5.41, 5.74) is 0. The van der Waals surface area contributed by atoms with Gasteiger partial charge in [0.25, 0.3) is 0 Å². The van der Waals surface area contributed by atoms with Crippen molar-refractivity contribution in [1.29, 1.82) is 0 Å². The molecule has 0 N–H and O–H groups in total. The number of carbonyl (C=O) groups is 3. The Balaban J connectivity index is 1.71. The summed E-state index contributed by atoms with van der Waals surface area (Å²) in [4.78, 5) is 38.3. The quantitative estimate of drug-likeness (QED) is 0.674. The molecule has 0 aromatic heterocycles. The zero-order chi connectivity index (χ0) is 13.8. The van der Waals surface area contributed by atoms with E-state index in [2.05, 4.69) is 4.74 Å². The van der Waals surface area contributed by atoms with Gasteiger partial charge in [0.1, 0.15) is 0 Å². The van der Waals surface area contributed by atoms with E-state index >= 15 is 0 Å². The Labute approximate surface area is 112 Å². The van der Waals surface area contributed by atoms with E-state index in [1.54, 1.807) is 4.90 Å². The Morgan fingerprint density at radius 2 is 1.58 bits per heavy atom. The fourth-order valence-corrected chi connectivity index (χ4v) is 2.23. The first-order valence-electron chi connectivity index (χ1n) is 6.75. The van der Waals surface area contributed by atoms with Gasteiger partial charge < -0.3 is 14.5 Å². The Morgan fingerprint density at radius 3 is 2.11 bits per heavy atom. The van der Waals surface area contributed by atoms with Gasteiger partial charge in [0.15, 0.2) is 0 Å². The number of esters is 1. The van der Waals surface area contributed by atoms with Crippen LogP contribution < -0.4 is 0 Å². The number of piperazine rings is 1. The van der Waals surface area contributed by atoms with Crippen molar-refractivity contribution >= 4 is 17.8 Å². The number of amides is 2. The molecule has 2 rings (SSSR count). The molecule has 2 aliphatic rings. The first-order chi connectivity index (χ1) is 9.11. The van der Waals surface area contributed by atoms with Crippen molar-refractivity contribution in [3.8, 4) is 0 Å². The van der Waals surface area contributed by atoms with Crippen molar-refractivity contribution in [2.45, 2.75) is 25.7 Å². The van der Waals surface area contributed by atoms with Crippen LogP contribution in [0.25, 0.3) is 0 Å². The normalized spacial score (nSPS) is 19.2. The van der Waals surface area contributed by atoms with Gasteiger partial charge in [-0.1, -0.05) is 0 Å². The van der Waals surface area contributed by atoms with Gasteiger partial charge in [-0.15, -0.1) is 0 Å².